The van der Waals surface area contributed by atoms with E-state index in [0.717, 1.165) is 45.0 Å². The third-order valence-electron chi connectivity index (χ3n) is 11.8. The zero-order chi connectivity index (χ0) is 36.7. The minimum atomic E-state index is -0.119. The first-order chi connectivity index (χ1) is 27.0. The summed E-state index contributed by atoms with van der Waals surface area (Å²) in [5.74, 6) is 0.719. The van der Waals surface area contributed by atoms with Crippen LogP contribution in [-0.2, 0) is 5.41 Å². The summed E-state index contributed by atoms with van der Waals surface area (Å²) in [4.78, 5) is 14.7. The second-order valence-electron chi connectivity index (χ2n) is 15.3. The van der Waals surface area contributed by atoms with Crippen molar-refractivity contribution in [3.05, 3.63) is 187 Å². The number of fused-ring (bicyclic) bond motifs is 3. The van der Waals surface area contributed by atoms with Gasteiger partial charge in [0.1, 0.15) is 0 Å². The highest BCUT2D eigenvalue weighted by atomic mass is 14.9. The lowest BCUT2D eigenvalue weighted by atomic mass is 9.82. The maximum Gasteiger partial charge on any atom is 0.160 e. The van der Waals surface area contributed by atoms with Crippen molar-refractivity contribution in [2.24, 2.45) is 0 Å². The van der Waals surface area contributed by atoms with Crippen LogP contribution in [0.2, 0.25) is 0 Å². The lowest BCUT2D eigenvalue weighted by molar-refractivity contribution is 0.660. The summed E-state index contributed by atoms with van der Waals surface area (Å²) in [7, 11) is 0. The SMILES string of the molecule is CC1(C)c2ccccc2-c2ccc(-c3nc(-c4ccc(-c5ccncc5)cc4)cc(-c4ccc(-c5ccc6ccc7cccc8ccc5c6c78)cc4)n3)cc21. The van der Waals surface area contributed by atoms with E-state index in [1.165, 1.54) is 65.7 Å². The first-order valence-corrected chi connectivity index (χ1v) is 18.9. The molecule has 2 heterocycles. The molecule has 3 nitrogen and oxygen atoms in total. The van der Waals surface area contributed by atoms with E-state index in [9.17, 15) is 0 Å². The van der Waals surface area contributed by atoms with Gasteiger partial charge in [-0.1, -0.05) is 153 Å². The predicted molar refractivity (Wildman–Crippen MR) is 228 cm³/mol. The van der Waals surface area contributed by atoms with E-state index in [1.54, 1.807) is 0 Å². The highest BCUT2D eigenvalue weighted by Crippen LogP contribution is 2.49. The fourth-order valence-corrected chi connectivity index (χ4v) is 8.90. The number of rotatable bonds is 5. The van der Waals surface area contributed by atoms with Crippen LogP contribution < -0.4 is 0 Å². The maximum absolute atomic E-state index is 5.28. The smallest absolute Gasteiger partial charge is 0.160 e. The zero-order valence-electron chi connectivity index (χ0n) is 30.6. The molecule has 1 aliphatic carbocycles. The molecule has 0 radical (unpaired) electrons. The Kier molecular flexibility index (Phi) is 6.90. The zero-order valence-corrected chi connectivity index (χ0v) is 30.6. The van der Waals surface area contributed by atoms with Gasteiger partial charge in [0.15, 0.2) is 5.82 Å². The van der Waals surface area contributed by atoms with E-state index in [4.69, 9.17) is 9.97 Å². The molecule has 0 atom stereocenters. The van der Waals surface area contributed by atoms with Crippen LogP contribution >= 0.6 is 0 Å². The van der Waals surface area contributed by atoms with Gasteiger partial charge in [0.2, 0.25) is 0 Å². The summed E-state index contributed by atoms with van der Waals surface area (Å²) in [6.07, 6.45) is 3.66. The van der Waals surface area contributed by atoms with Crippen molar-refractivity contribution >= 4 is 32.3 Å². The highest BCUT2D eigenvalue weighted by molar-refractivity contribution is 6.25. The molecule has 2 aromatic heterocycles. The Morgan fingerprint density at radius 2 is 0.927 bits per heavy atom. The largest absolute Gasteiger partial charge is 0.265 e. The first kappa shape index (κ1) is 31.5. The maximum atomic E-state index is 5.28. The van der Waals surface area contributed by atoms with E-state index in [2.05, 4.69) is 170 Å². The van der Waals surface area contributed by atoms with Crippen LogP contribution in [0.25, 0.3) is 99.6 Å². The van der Waals surface area contributed by atoms with Crippen molar-refractivity contribution in [2.45, 2.75) is 19.3 Å². The predicted octanol–water partition coefficient (Wildman–Crippen LogP) is 13.4. The van der Waals surface area contributed by atoms with Crippen LogP contribution in [0.1, 0.15) is 25.0 Å². The number of benzene rings is 8. The van der Waals surface area contributed by atoms with Crippen LogP contribution in [0.3, 0.4) is 0 Å². The van der Waals surface area contributed by atoms with Crippen LogP contribution in [-0.4, -0.2) is 15.0 Å². The average Bonchev–Trinajstić information content (AvgIpc) is 3.48. The summed E-state index contributed by atoms with van der Waals surface area (Å²) in [5, 5.41) is 7.78. The summed E-state index contributed by atoms with van der Waals surface area (Å²) in [5.41, 5.74) is 14.7. The van der Waals surface area contributed by atoms with Gasteiger partial charge in [-0.05, 0) is 101 Å². The molecule has 0 saturated carbocycles. The van der Waals surface area contributed by atoms with Gasteiger partial charge in [0.25, 0.3) is 0 Å². The molecule has 8 aromatic carbocycles. The Hall–Kier alpha value is -6.97. The third kappa shape index (κ3) is 5.01. The molecule has 0 spiro atoms. The lowest BCUT2D eigenvalue weighted by Crippen LogP contribution is -2.15. The Morgan fingerprint density at radius 3 is 1.65 bits per heavy atom. The van der Waals surface area contributed by atoms with E-state index >= 15 is 0 Å². The summed E-state index contributed by atoms with van der Waals surface area (Å²) < 4.78 is 0. The number of aromatic nitrogens is 3. The number of pyridine rings is 1. The molecule has 1 aliphatic rings. The van der Waals surface area contributed by atoms with Crippen molar-refractivity contribution in [2.75, 3.05) is 0 Å². The van der Waals surface area contributed by atoms with Crippen molar-refractivity contribution in [3.63, 3.8) is 0 Å². The molecule has 11 rings (SSSR count). The Balaban J connectivity index is 1.03. The number of hydrogen-bond donors (Lipinski definition) is 0. The molecule has 55 heavy (non-hydrogen) atoms. The quantitative estimate of drug-likeness (QED) is 0.168. The molecule has 258 valence electrons. The van der Waals surface area contributed by atoms with Crippen molar-refractivity contribution in [1.29, 1.82) is 0 Å². The molecular formula is C52H35N3. The van der Waals surface area contributed by atoms with E-state index in [-0.39, 0.29) is 5.41 Å². The average molecular weight is 702 g/mol. The molecule has 3 heteroatoms. The standard InChI is InChI=1S/C52H35N3/c1-52(2)45-9-4-3-8-42(45)43-24-22-40(30-46(43)52)51-54-47(35-14-10-32(11-15-35)33-26-28-53-29-27-33)31-48(55-51)36-16-12-34(13-17-36)41-23-20-39-19-18-37-6-5-7-38-21-25-44(41)50(39)49(37)38/h3-31H,1-2H3. The van der Waals surface area contributed by atoms with Gasteiger partial charge in [-0.15, -0.1) is 0 Å². The minimum Gasteiger partial charge on any atom is -0.265 e. The summed E-state index contributed by atoms with van der Waals surface area (Å²) in [6.45, 7) is 4.63. The molecule has 0 aliphatic heterocycles. The Bertz CT molecular complexity index is 3070. The second kappa shape index (κ2) is 12.0. The van der Waals surface area contributed by atoms with Gasteiger partial charge in [-0.25, -0.2) is 9.97 Å². The summed E-state index contributed by atoms with van der Waals surface area (Å²) >= 11 is 0. The molecule has 0 bridgehead atoms. The van der Waals surface area contributed by atoms with Crippen LogP contribution in [0.4, 0.5) is 0 Å². The summed E-state index contributed by atoms with van der Waals surface area (Å²) in [6, 6.07) is 59.4. The normalized spacial score (nSPS) is 13.1. The van der Waals surface area contributed by atoms with Gasteiger partial charge >= 0.3 is 0 Å². The molecule has 10 aromatic rings. The molecule has 0 saturated heterocycles. The van der Waals surface area contributed by atoms with Crippen LogP contribution in [0.5, 0.6) is 0 Å². The fraction of sp³-hybridized carbons (Fsp3) is 0.0577. The van der Waals surface area contributed by atoms with E-state index in [0.29, 0.717) is 0 Å². The Morgan fingerprint density at radius 1 is 0.382 bits per heavy atom. The van der Waals surface area contributed by atoms with Gasteiger partial charge in [0, 0.05) is 34.5 Å². The van der Waals surface area contributed by atoms with E-state index in [1.807, 2.05) is 24.5 Å². The molecule has 0 amide bonds. The highest BCUT2D eigenvalue weighted by Gasteiger charge is 2.35. The fourth-order valence-electron chi connectivity index (χ4n) is 8.90. The van der Waals surface area contributed by atoms with Gasteiger partial charge in [-0.3, -0.25) is 4.98 Å². The van der Waals surface area contributed by atoms with Gasteiger partial charge < -0.3 is 0 Å². The number of hydrogen-bond acceptors (Lipinski definition) is 3. The van der Waals surface area contributed by atoms with Gasteiger partial charge in [-0.2, -0.15) is 0 Å². The van der Waals surface area contributed by atoms with Crippen molar-refractivity contribution < 1.29 is 0 Å². The van der Waals surface area contributed by atoms with Gasteiger partial charge in [0.05, 0.1) is 11.4 Å². The van der Waals surface area contributed by atoms with Crippen LogP contribution in [0.15, 0.2) is 176 Å². The van der Waals surface area contributed by atoms with Crippen molar-refractivity contribution in [1.82, 2.24) is 15.0 Å². The monoisotopic (exact) mass is 701 g/mol. The van der Waals surface area contributed by atoms with Crippen LogP contribution in [0, 0.1) is 0 Å². The topological polar surface area (TPSA) is 38.7 Å². The van der Waals surface area contributed by atoms with E-state index < -0.39 is 0 Å². The second-order valence-corrected chi connectivity index (χ2v) is 15.3. The Labute approximate surface area is 320 Å². The third-order valence-corrected chi connectivity index (χ3v) is 11.8. The lowest BCUT2D eigenvalue weighted by Gasteiger charge is -2.21. The minimum absolute atomic E-state index is 0.119. The molecule has 0 N–H and O–H groups in total. The molecule has 0 unspecified atom stereocenters. The molecular weight excluding hydrogens is 667 g/mol. The first-order valence-electron chi connectivity index (χ1n) is 18.9. The molecule has 0 fully saturated rings. The number of nitrogens with zero attached hydrogens (tertiary/aromatic N) is 3. The van der Waals surface area contributed by atoms with Crippen molar-refractivity contribution in [3.8, 4) is 67.3 Å².